The van der Waals surface area contributed by atoms with E-state index >= 15 is 0 Å². The molecule has 1 saturated heterocycles. The molecule has 2 rings (SSSR count). The van der Waals surface area contributed by atoms with Crippen molar-refractivity contribution in [2.24, 2.45) is 0 Å². The minimum atomic E-state index is -1.06. The van der Waals surface area contributed by atoms with Gasteiger partial charge in [0.2, 0.25) is 0 Å². The standard InChI is InChI=1S/C15H19NO5/c1-10-4-3-5-12(8-10)21-11(2)14(17)16-6-7-20-9-13(16)15(18)19/h3-5,8,11,13H,6-7,9H2,1-2H3,(H,18,19)/t11-,13+/m0/s1. The van der Waals surface area contributed by atoms with Gasteiger partial charge in [-0.3, -0.25) is 4.79 Å². The number of carbonyl (C=O) groups excluding carboxylic acids is 1. The monoisotopic (exact) mass is 293 g/mol. The van der Waals surface area contributed by atoms with Gasteiger partial charge in [0.15, 0.2) is 12.1 Å². The molecule has 114 valence electrons. The number of carboxylic acid groups (broad SMARTS) is 1. The maximum atomic E-state index is 12.4. The molecule has 6 nitrogen and oxygen atoms in total. The van der Waals surface area contributed by atoms with Gasteiger partial charge >= 0.3 is 5.97 Å². The zero-order valence-electron chi connectivity index (χ0n) is 12.1. The van der Waals surface area contributed by atoms with E-state index in [0.29, 0.717) is 12.4 Å². The van der Waals surface area contributed by atoms with Gasteiger partial charge in [-0.1, -0.05) is 12.1 Å². The highest BCUT2D eigenvalue weighted by Crippen LogP contribution is 2.16. The fourth-order valence-electron chi connectivity index (χ4n) is 2.25. The number of amides is 1. The van der Waals surface area contributed by atoms with Crippen molar-refractivity contribution in [1.29, 1.82) is 0 Å². The topological polar surface area (TPSA) is 76.1 Å². The highest BCUT2D eigenvalue weighted by Gasteiger charge is 2.35. The lowest BCUT2D eigenvalue weighted by Crippen LogP contribution is -2.55. The molecule has 1 heterocycles. The van der Waals surface area contributed by atoms with Crippen LogP contribution in [0.2, 0.25) is 0 Å². The minimum Gasteiger partial charge on any atom is -0.481 e. The summed E-state index contributed by atoms with van der Waals surface area (Å²) in [5.41, 5.74) is 1.03. The third-order valence-corrected chi connectivity index (χ3v) is 3.35. The van der Waals surface area contributed by atoms with Gasteiger partial charge in [-0.2, -0.15) is 0 Å². The second-order valence-corrected chi connectivity index (χ2v) is 5.04. The SMILES string of the molecule is Cc1cccc(O[C@@H](C)C(=O)N2CCOC[C@@H]2C(=O)O)c1. The van der Waals surface area contributed by atoms with Gasteiger partial charge < -0.3 is 19.5 Å². The zero-order chi connectivity index (χ0) is 15.4. The van der Waals surface area contributed by atoms with Crippen LogP contribution in [0.5, 0.6) is 5.75 Å². The van der Waals surface area contributed by atoms with Crippen molar-refractivity contribution in [2.75, 3.05) is 19.8 Å². The predicted octanol–water partition coefficient (Wildman–Crippen LogP) is 1.07. The van der Waals surface area contributed by atoms with Crippen LogP contribution < -0.4 is 4.74 Å². The molecular weight excluding hydrogens is 274 g/mol. The number of benzene rings is 1. The Hall–Kier alpha value is -2.08. The van der Waals surface area contributed by atoms with Gasteiger partial charge in [0.1, 0.15) is 5.75 Å². The Labute approximate surface area is 123 Å². The lowest BCUT2D eigenvalue weighted by atomic mass is 10.2. The molecule has 1 amide bonds. The van der Waals surface area contributed by atoms with E-state index in [1.165, 1.54) is 4.90 Å². The Morgan fingerprint density at radius 3 is 2.90 bits per heavy atom. The van der Waals surface area contributed by atoms with Crippen molar-refractivity contribution in [3.8, 4) is 5.75 Å². The zero-order valence-corrected chi connectivity index (χ0v) is 12.1. The molecule has 0 aromatic heterocycles. The predicted molar refractivity (Wildman–Crippen MR) is 75.2 cm³/mol. The highest BCUT2D eigenvalue weighted by atomic mass is 16.5. The van der Waals surface area contributed by atoms with Crippen molar-refractivity contribution >= 4 is 11.9 Å². The van der Waals surface area contributed by atoms with Crippen LogP contribution in [-0.4, -0.2) is 53.8 Å². The molecule has 1 N–H and O–H groups in total. The number of ether oxygens (including phenoxy) is 2. The maximum Gasteiger partial charge on any atom is 0.328 e. The van der Waals surface area contributed by atoms with Gasteiger partial charge in [0.25, 0.3) is 5.91 Å². The van der Waals surface area contributed by atoms with Crippen LogP contribution in [0.4, 0.5) is 0 Å². The number of rotatable bonds is 4. The average Bonchev–Trinajstić information content (AvgIpc) is 2.46. The third-order valence-electron chi connectivity index (χ3n) is 3.35. The van der Waals surface area contributed by atoms with E-state index in [1.54, 1.807) is 13.0 Å². The minimum absolute atomic E-state index is 0.0121. The number of nitrogens with zero attached hydrogens (tertiary/aromatic N) is 1. The summed E-state index contributed by atoms with van der Waals surface area (Å²) in [4.78, 5) is 24.9. The van der Waals surface area contributed by atoms with E-state index in [1.807, 2.05) is 25.1 Å². The summed E-state index contributed by atoms with van der Waals surface area (Å²) in [6, 6.07) is 6.43. The number of carbonyl (C=O) groups is 2. The van der Waals surface area contributed by atoms with Crippen molar-refractivity contribution in [3.63, 3.8) is 0 Å². The van der Waals surface area contributed by atoms with Crippen LogP contribution in [0.25, 0.3) is 0 Å². The third kappa shape index (κ3) is 3.72. The van der Waals surface area contributed by atoms with Gasteiger partial charge in [-0.05, 0) is 31.5 Å². The first-order chi connectivity index (χ1) is 9.99. The maximum absolute atomic E-state index is 12.4. The van der Waals surface area contributed by atoms with Crippen LogP contribution in [0.15, 0.2) is 24.3 Å². The van der Waals surface area contributed by atoms with Gasteiger partial charge in [-0.25, -0.2) is 4.79 Å². The van der Waals surface area contributed by atoms with Crippen molar-refractivity contribution in [1.82, 2.24) is 4.90 Å². The van der Waals surface area contributed by atoms with E-state index in [4.69, 9.17) is 14.6 Å². The lowest BCUT2D eigenvalue weighted by molar-refractivity contribution is -0.161. The summed E-state index contributed by atoms with van der Waals surface area (Å²) in [5, 5.41) is 9.15. The summed E-state index contributed by atoms with van der Waals surface area (Å²) in [7, 11) is 0. The number of hydrogen-bond donors (Lipinski definition) is 1. The van der Waals surface area contributed by atoms with Crippen LogP contribution in [0.3, 0.4) is 0 Å². The summed E-state index contributed by atoms with van der Waals surface area (Å²) in [5.74, 6) is -0.811. The van der Waals surface area contributed by atoms with E-state index < -0.39 is 18.1 Å². The fourth-order valence-corrected chi connectivity index (χ4v) is 2.25. The Morgan fingerprint density at radius 1 is 1.48 bits per heavy atom. The molecule has 0 bridgehead atoms. The van der Waals surface area contributed by atoms with E-state index in [9.17, 15) is 9.59 Å². The summed E-state index contributed by atoms with van der Waals surface area (Å²) < 4.78 is 10.7. The smallest absolute Gasteiger partial charge is 0.328 e. The van der Waals surface area contributed by atoms with Crippen molar-refractivity contribution in [3.05, 3.63) is 29.8 Å². The van der Waals surface area contributed by atoms with Gasteiger partial charge in [0.05, 0.1) is 13.2 Å². The number of carboxylic acids is 1. The molecule has 1 aromatic carbocycles. The largest absolute Gasteiger partial charge is 0.481 e. The van der Waals surface area contributed by atoms with Gasteiger partial charge in [0, 0.05) is 6.54 Å². The van der Waals surface area contributed by atoms with Crippen LogP contribution in [-0.2, 0) is 14.3 Å². The lowest BCUT2D eigenvalue weighted by Gasteiger charge is -2.34. The summed E-state index contributed by atoms with van der Waals surface area (Å²) in [6.07, 6.45) is -0.744. The number of aliphatic carboxylic acids is 1. The normalized spacial score (nSPS) is 19.9. The molecule has 0 radical (unpaired) electrons. The highest BCUT2D eigenvalue weighted by molar-refractivity contribution is 5.86. The number of hydrogen-bond acceptors (Lipinski definition) is 4. The quantitative estimate of drug-likeness (QED) is 0.899. The Bertz CT molecular complexity index is 531. The number of aryl methyl sites for hydroxylation is 1. The molecule has 2 atom stereocenters. The average molecular weight is 293 g/mol. The van der Waals surface area contributed by atoms with Crippen molar-refractivity contribution in [2.45, 2.75) is 26.0 Å². The van der Waals surface area contributed by atoms with Crippen molar-refractivity contribution < 1.29 is 24.2 Å². The number of morpholine rings is 1. The van der Waals surface area contributed by atoms with Crippen LogP contribution >= 0.6 is 0 Å². The second-order valence-electron chi connectivity index (χ2n) is 5.04. The summed E-state index contributed by atoms with van der Waals surface area (Å²) in [6.45, 7) is 4.17. The Balaban J connectivity index is 2.05. The Morgan fingerprint density at radius 2 is 2.24 bits per heavy atom. The first kappa shape index (κ1) is 15.3. The molecule has 0 unspecified atom stereocenters. The van der Waals surface area contributed by atoms with Crippen LogP contribution in [0.1, 0.15) is 12.5 Å². The molecule has 1 aliphatic rings. The van der Waals surface area contributed by atoms with E-state index in [-0.39, 0.29) is 19.1 Å². The summed E-state index contributed by atoms with van der Waals surface area (Å²) >= 11 is 0. The fraction of sp³-hybridized carbons (Fsp3) is 0.467. The molecular formula is C15H19NO5. The molecule has 6 heteroatoms. The molecule has 1 aliphatic heterocycles. The molecule has 21 heavy (non-hydrogen) atoms. The first-order valence-corrected chi connectivity index (χ1v) is 6.83. The molecule has 1 aromatic rings. The van der Waals surface area contributed by atoms with E-state index in [0.717, 1.165) is 5.56 Å². The van der Waals surface area contributed by atoms with Gasteiger partial charge in [-0.15, -0.1) is 0 Å². The van der Waals surface area contributed by atoms with Crippen LogP contribution in [0, 0.1) is 6.92 Å². The molecule has 0 aliphatic carbocycles. The molecule has 1 fully saturated rings. The molecule has 0 spiro atoms. The van der Waals surface area contributed by atoms with E-state index in [2.05, 4.69) is 0 Å². The second kappa shape index (κ2) is 6.58. The Kier molecular flexibility index (Phi) is 4.80. The molecule has 0 saturated carbocycles. The first-order valence-electron chi connectivity index (χ1n) is 6.83.